The third-order valence-corrected chi connectivity index (χ3v) is 2.04. The number of rotatable bonds is 8. The molecule has 2 atom stereocenters. The quantitative estimate of drug-likeness (QED) is 0.313. The molecule has 8 heteroatoms. The molecule has 0 unspecified atom stereocenters. The average Bonchev–Trinajstić information content (AvgIpc) is 2.22. The highest BCUT2D eigenvalue weighted by Gasteiger charge is 2.16. The number of nitrogens with two attached hydrogens (primary N) is 2. The van der Waals surface area contributed by atoms with Gasteiger partial charge in [0, 0.05) is 6.54 Å². The highest BCUT2D eigenvalue weighted by Crippen LogP contribution is 1.94. The Hall–Kier alpha value is -1.67. The molecular formula is C9H17N3O5. The first-order valence-electron chi connectivity index (χ1n) is 5.08. The summed E-state index contributed by atoms with van der Waals surface area (Å²) in [5, 5.41) is 19.3. The molecule has 7 N–H and O–H groups in total. The summed E-state index contributed by atoms with van der Waals surface area (Å²) in [5.41, 5.74) is 10.5. The molecule has 8 nitrogen and oxygen atoms in total. The fourth-order valence-electron chi connectivity index (χ4n) is 1.07. The van der Waals surface area contributed by atoms with Gasteiger partial charge >= 0.3 is 11.9 Å². The topological polar surface area (TPSA) is 156 Å². The predicted molar refractivity (Wildman–Crippen MR) is 58.1 cm³/mol. The zero-order chi connectivity index (χ0) is 13.4. The standard InChI is InChI=1S/C9H17N3O5/c10-5(9(16)17)2-1-3-12-8(15)6(11)4-7(13)14/h5-6H,1-4,10-11H2,(H,12,15)(H,13,14)(H,16,17)/t5-,6-/m0/s1. The fourth-order valence-corrected chi connectivity index (χ4v) is 1.07. The van der Waals surface area contributed by atoms with Crippen molar-refractivity contribution < 1.29 is 24.6 Å². The molecule has 0 aliphatic carbocycles. The Kier molecular flexibility index (Phi) is 6.83. The molecule has 0 rings (SSSR count). The second-order valence-corrected chi connectivity index (χ2v) is 3.58. The largest absolute Gasteiger partial charge is 0.481 e. The lowest BCUT2D eigenvalue weighted by atomic mass is 10.1. The van der Waals surface area contributed by atoms with Crippen molar-refractivity contribution in [2.24, 2.45) is 11.5 Å². The Morgan fingerprint density at radius 2 is 1.71 bits per heavy atom. The van der Waals surface area contributed by atoms with Gasteiger partial charge in [-0.25, -0.2) is 0 Å². The van der Waals surface area contributed by atoms with Crippen LogP contribution in [0.2, 0.25) is 0 Å². The normalized spacial score (nSPS) is 13.8. The number of carboxylic acids is 2. The van der Waals surface area contributed by atoms with Gasteiger partial charge in [-0.05, 0) is 12.8 Å². The summed E-state index contributed by atoms with van der Waals surface area (Å²) >= 11 is 0. The molecule has 0 aliphatic heterocycles. The van der Waals surface area contributed by atoms with Gasteiger partial charge in [-0.2, -0.15) is 0 Å². The lowest BCUT2D eigenvalue weighted by molar-refractivity contribution is -0.140. The Morgan fingerprint density at radius 3 is 2.18 bits per heavy atom. The SMILES string of the molecule is N[C@@H](CCCNC(=O)[C@@H](N)CC(=O)O)C(=O)O. The minimum Gasteiger partial charge on any atom is -0.481 e. The van der Waals surface area contributed by atoms with E-state index in [9.17, 15) is 14.4 Å². The zero-order valence-corrected chi connectivity index (χ0v) is 9.26. The van der Waals surface area contributed by atoms with Crippen LogP contribution in [-0.2, 0) is 14.4 Å². The van der Waals surface area contributed by atoms with E-state index in [4.69, 9.17) is 21.7 Å². The minimum atomic E-state index is -1.15. The molecule has 0 saturated carbocycles. The smallest absolute Gasteiger partial charge is 0.320 e. The van der Waals surface area contributed by atoms with Crippen LogP contribution in [0.25, 0.3) is 0 Å². The Bertz CT molecular complexity index is 294. The molecule has 1 amide bonds. The van der Waals surface area contributed by atoms with E-state index in [-0.39, 0.29) is 13.0 Å². The highest BCUT2D eigenvalue weighted by molar-refractivity contribution is 5.85. The van der Waals surface area contributed by atoms with E-state index in [1.807, 2.05) is 0 Å². The zero-order valence-electron chi connectivity index (χ0n) is 9.26. The molecule has 0 radical (unpaired) electrons. The second kappa shape index (κ2) is 7.58. The molecule has 0 bridgehead atoms. The maximum Gasteiger partial charge on any atom is 0.320 e. The second-order valence-electron chi connectivity index (χ2n) is 3.58. The number of aliphatic carboxylic acids is 2. The first kappa shape index (κ1) is 15.3. The molecule has 0 fully saturated rings. The molecular weight excluding hydrogens is 230 g/mol. The van der Waals surface area contributed by atoms with E-state index < -0.39 is 36.4 Å². The first-order valence-corrected chi connectivity index (χ1v) is 5.08. The van der Waals surface area contributed by atoms with Crippen LogP contribution in [0.3, 0.4) is 0 Å². The van der Waals surface area contributed by atoms with Gasteiger partial charge in [0.15, 0.2) is 0 Å². The third kappa shape index (κ3) is 7.25. The van der Waals surface area contributed by atoms with Crippen molar-refractivity contribution in [3.05, 3.63) is 0 Å². The summed E-state index contributed by atoms with van der Waals surface area (Å²) in [6.07, 6.45) is 0.170. The van der Waals surface area contributed by atoms with Crippen LogP contribution in [0.4, 0.5) is 0 Å². The number of nitrogens with one attached hydrogen (secondary N) is 1. The number of hydrogen-bond acceptors (Lipinski definition) is 5. The van der Waals surface area contributed by atoms with E-state index in [1.165, 1.54) is 0 Å². The first-order chi connectivity index (χ1) is 7.84. The number of hydrogen-bond donors (Lipinski definition) is 5. The maximum atomic E-state index is 11.2. The van der Waals surface area contributed by atoms with Gasteiger partial charge in [0.2, 0.25) is 5.91 Å². The number of amides is 1. The van der Waals surface area contributed by atoms with Gasteiger partial charge in [-0.1, -0.05) is 0 Å². The number of carbonyl (C=O) groups excluding carboxylic acids is 1. The lowest BCUT2D eigenvalue weighted by Crippen LogP contribution is -2.42. The molecule has 0 aliphatic rings. The van der Waals surface area contributed by atoms with Gasteiger partial charge in [-0.15, -0.1) is 0 Å². The third-order valence-electron chi connectivity index (χ3n) is 2.04. The van der Waals surface area contributed by atoms with Crippen LogP contribution in [0.1, 0.15) is 19.3 Å². The average molecular weight is 247 g/mol. The van der Waals surface area contributed by atoms with Crippen molar-refractivity contribution in [3.63, 3.8) is 0 Å². The Labute approximate surface area is 98.0 Å². The van der Waals surface area contributed by atoms with Crippen molar-refractivity contribution in [1.29, 1.82) is 0 Å². The van der Waals surface area contributed by atoms with Crippen molar-refractivity contribution in [1.82, 2.24) is 5.32 Å². The Balaban J connectivity index is 3.71. The van der Waals surface area contributed by atoms with E-state index in [0.717, 1.165) is 0 Å². The molecule has 17 heavy (non-hydrogen) atoms. The van der Waals surface area contributed by atoms with Gasteiger partial charge < -0.3 is 27.0 Å². The fraction of sp³-hybridized carbons (Fsp3) is 0.667. The number of carbonyl (C=O) groups is 3. The van der Waals surface area contributed by atoms with E-state index in [2.05, 4.69) is 5.32 Å². The number of carboxylic acid groups (broad SMARTS) is 2. The summed E-state index contributed by atoms with van der Waals surface area (Å²) in [4.78, 5) is 31.8. The molecule has 0 aromatic carbocycles. The van der Waals surface area contributed by atoms with Crippen LogP contribution < -0.4 is 16.8 Å². The van der Waals surface area contributed by atoms with Crippen LogP contribution in [-0.4, -0.2) is 46.7 Å². The molecule has 0 saturated heterocycles. The van der Waals surface area contributed by atoms with Crippen LogP contribution in [0.15, 0.2) is 0 Å². The molecule has 0 aromatic heterocycles. The van der Waals surface area contributed by atoms with Gasteiger partial charge in [0.05, 0.1) is 12.5 Å². The summed E-state index contributed by atoms with van der Waals surface area (Å²) in [6, 6.07) is -2.06. The van der Waals surface area contributed by atoms with Gasteiger partial charge in [0.1, 0.15) is 6.04 Å². The van der Waals surface area contributed by atoms with E-state index in [0.29, 0.717) is 6.42 Å². The molecule has 0 aromatic rings. The minimum absolute atomic E-state index is 0.215. The summed E-state index contributed by atoms with van der Waals surface area (Å²) in [6.45, 7) is 0.215. The predicted octanol–water partition coefficient (Wildman–Crippen LogP) is -1.90. The summed E-state index contributed by atoms with van der Waals surface area (Å²) in [7, 11) is 0. The van der Waals surface area contributed by atoms with Gasteiger partial charge in [-0.3, -0.25) is 14.4 Å². The van der Waals surface area contributed by atoms with Crippen molar-refractivity contribution in [3.8, 4) is 0 Å². The Morgan fingerprint density at radius 1 is 1.12 bits per heavy atom. The van der Waals surface area contributed by atoms with Crippen LogP contribution >= 0.6 is 0 Å². The summed E-state index contributed by atoms with van der Waals surface area (Å²) in [5.74, 6) is -2.82. The maximum absolute atomic E-state index is 11.2. The summed E-state index contributed by atoms with van der Waals surface area (Å²) < 4.78 is 0. The van der Waals surface area contributed by atoms with Crippen LogP contribution in [0, 0.1) is 0 Å². The van der Waals surface area contributed by atoms with Crippen LogP contribution in [0.5, 0.6) is 0 Å². The molecule has 98 valence electrons. The lowest BCUT2D eigenvalue weighted by Gasteiger charge is -2.10. The van der Waals surface area contributed by atoms with E-state index in [1.54, 1.807) is 0 Å². The highest BCUT2D eigenvalue weighted by atomic mass is 16.4. The van der Waals surface area contributed by atoms with Gasteiger partial charge in [0.25, 0.3) is 0 Å². The molecule has 0 heterocycles. The van der Waals surface area contributed by atoms with Crippen molar-refractivity contribution >= 4 is 17.8 Å². The monoisotopic (exact) mass is 247 g/mol. The van der Waals surface area contributed by atoms with Crippen molar-refractivity contribution in [2.75, 3.05) is 6.54 Å². The van der Waals surface area contributed by atoms with E-state index >= 15 is 0 Å². The molecule has 0 spiro atoms. The van der Waals surface area contributed by atoms with Crippen molar-refractivity contribution in [2.45, 2.75) is 31.3 Å².